The molecule has 12 nitrogen and oxygen atoms in total. The standard InChI is InChI=1S/C18H45N6O6P3/c19-4-1-13-31(25,26)16-22-7-9-23(17-32(27,28)14-2-5-20)11-12-24(10-8-22)18-33(29,30)15-3-6-21/h1-21H2,(H,25,26)(H,27,28)(H,29,30). The van der Waals surface area contributed by atoms with E-state index in [9.17, 15) is 28.4 Å². The van der Waals surface area contributed by atoms with Crippen molar-refractivity contribution in [2.24, 2.45) is 17.2 Å². The second-order valence-electron chi connectivity index (χ2n) is 8.91. The first-order valence-corrected chi connectivity index (χ1v) is 17.7. The normalized spacial score (nSPS) is 23.1. The van der Waals surface area contributed by atoms with Gasteiger partial charge in [-0.2, -0.15) is 0 Å². The van der Waals surface area contributed by atoms with Crippen LogP contribution in [0.25, 0.3) is 0 Å². The number of nitrogens with zero attached hydrogens (tertiary/aromatic N) is 3. The van der Waals surface area contributed by atoms with Gasteiger partial charge in [-0.25, -0.2) is 0 Å². The molecule has 3 atom stereocenters. The van der Waals surface area contributed by atoms with Crippen molar-refractivity contribution in [1.82, 2.24) is 14.7 Å². The average Bonchev–Trinajstić information content (AvgIpc) is 2.81. The number of nitrogens with two attached hydrogens (primary N) is 3. The zero-order valence-electron chi connectivity index (χ0n) is 19.7. The summed E-state index contributed by atoms with van der Waals surface area (Å²) in [7, 11) is -10.2. The van der Waals surface area contributed by atoms with Gasteiger partial charge in [0.2, 0.25) is 22.1 Å². The lowest BCUT2D eigenvalue weighted by Gasteiger charge is -2.28. The summed E-state index contributed by atoms with van der Waals surface area (Å²) in [6, 6.07) is 0. The van der Waals surface area contributed by atoms with Crippen molar-refractivity contribution in [2.45, 2.75) is 19.3 Å². The van der Waals surface area contributed by atoms with Gasteiger partial charge in [-0.1, -0.05) is 0 Å². The summed E-state index contributed by atoms with van der Waals surface area (Å²) < 4.78 is 37.9. The Morgan fingerprint density at radius 1 is 0.515 bits per heavy atom. The first-order valence-electron chi connectivity index (χ1n) is 11.6. The summed E-state index contributed by atoms with van der Waals surface area (Å²) >= 11 is 0. The van der Waals surface area contributed by atoms with E-state index in [1.165, 1.54) is 0 Å². The molecule has 0 amide bonds. The Morgan fingerprint density at radius 2 is 0.727 bits per heavy atom. The van der Waals surface area contributed by atoms with Crippen molar-refractivity contribution in [3.8, 4) is 0 Å². The Labute approximate surface area is 198 Å². The molecule has 1 fully saturated rings. The second-order valence-corrected chi connectivity index (χ2v) is 16.2. The Balaban J connectivity index is 2.94. The molecule has 1 heterocycles. The smallest absolute Gasteiger partial charge is 0.214 e. The minimum absolute atomic E-state index is 0.00258. The quantitative estimate of drug-likeness (QED) is 0.149. The van der Waals surface area contributed by atoms with Crippen LogP contribution in [0.4, 0.5) is 0 Å². The van der Waals surface area contributed by atoms with E-state index >= 15 is 0 Å². The van der Waals surface area contributed by atoms with Crippen LogP contribution in [0.5, 0.6) is 0 Å². The van der Waals surface area contributed by atoms with E-state index in [4.69, 9.17) is 17.2 Å². The van der Waals surface area contributed by atoms with Crippen LogP contribution in [0.3, 0.4) is 0 Å². The van der Waals surface area contributed by atoms with Crippen LogP contribution in [0.2, 0.25) is 0 Å². The van der Waals surface area contributed by atoms with Gasteiger partial charge in [-0.3, -0.25) is 28.4 Å². The molecule has 0 spiro atoms. The van der Waals surface area contributed by atoms with E-state index in [1.54, 1.807) is 0 Å². The Morgan fingerprint density at radius 3 is 0.909 bits per heavy atom. The molecule has 0 aliphatic carbocycles. The van der Waals surface area contributed by atoms with Crippen LogP contribution in [0, 0.1) is 0 Å². The molecule has 1 saturated heterocycles. The van der Waals surface area contributed by atoms with Gasteiger partial charge < -0.3 is 31.9 Å². The molecule has 0 aromatic heterocycles. The fourth-order valence-corrected chi connectivity index (χ4v) is 8.95. The van der Waals surface area contributed by atoms with Gasteiger partial charge in [-0.15, -0.1) is 0 Å². The maximum atomic E-state index is 12.6. The van der Waals surface area contributed by atoms with Gasteiger partial charge >= 0.3 is 0 Å². The highest BCUT2D eigenvalue weighted by molar-refractivity contribution is 7.58. The maximum absolute atomic E-state index is 12.6. The molecule has 1 rings (SSSR count). The first-order chi connectivity index (χ1) is 15.4. The fraction of sp³-hybridized carbons (Fsp3) is 1.00. The average molecular weight is 535 g/mol. The van der Waals surface area contributed by atoms with Gasteiger partial charge in [0.05, 0.1) is 18.9 Å². The van der Waals surface area contributed by atoms with Crippen molar-refractivity contribution in [3.05, 3.63) is 0 Å². The zero-order valence-corrected chi connectivity index (χ0v) is 22.4. The van der Waals surface area contributed by atoms with Crippen molar-refractivity contribution >= 4 is 22.1 Å². The van der Waals surface area contributed by atoms with E-state index in [1.807, 2.05) is 14.7 Å². The third kappa shape index (κ3) is 14.5. The summed E-state index contributed by atoms with van der Waals surface area (Å²) in [6.45, 7) is 3.79. The van der Waals surface area contributed by atoms with Gasteiger partial charge in [0.1, 0.15) is 0 Å². The summed E-state index contributed by atoms with van der Waals surface area (Å²) in [5, 5.41) is 0. The molecular formula is C18H45N6O6P3. The fourth-order valence-electron chi connectivity index (χ4n) is 3.77. The highest BCUT2D eigenvalue weighted by atomic mass is 31.2. The van der Waals surface area contributed by atoms with Gasteiger partial charge in [-0.05, 0) is 38.9 Å². The zero-order chi connectivity index (χ0) is 25.0. The molecule has 33 heavy (non-hydrogen) atoms. The maximum Gasteiger partial charge on any atom is 0.214 e. The highest BCUT2D eigenvalue weighted by Gasteiger charge is 2.29. The van der Waals surface area contributed by atoms with E-state index < -0.39 is 22.1 Å². The number of hydrogen-bond acceptors (Lipinski definition) is 9. The molecule has 9 N–H and O–H groups in total. The molecule has 0 aromatic rings. The van der Waals surface area contributed by atoms with Crippen LogP contribution in [0.1, 0.15) is 19.3 Å². The minimum Gasteiger partial charge on any atom is -0.343 e. The van der Waals surface area contributed by atoms with Gasteiger partial charge in [0.15, 0.2) is 0 Å². The van der Waals surface area contributed by atoms with Gasteiger partial charge in [0.25, 0.3) is 0 Å². The molecule has 15 heteroatoms. The van der Waals surface area contributed by atoms with Crippen molar-refractivity contribution in [2.75, 3.05) is 96.2 Å². The van der Waals surface area contributed by atoms with Crippen molar-refractivity contribution in [1.29, 1.82) is 0 Å². The Hall–Kier alpha value is 0.330. The van der Waals surface area contributed by atoms with Crippen LogP contribution < -0.4 is 17.2 Å². The molecule has 0 radical (unpaired) electrons. The number of rotatable bonds is 15. The van der Waals surface area contributed by atoms with Crippen LogP contribution in [-0.4, -0.2) is 126 Å². The largest absolute Gasteiger partial charge is 0.343 e. The molecule has 1 aliphatic heterocycles. The number of hydrogen-bond donors (Lipinski definition) is 6. The molecule has 198 valence electrons. The van der Waals surface area contributed by atoms with Crippen LogP contribution in [0.15, 0.2) is 0 Å². The Bertz CT molecular complexity index is 600. The SMILES string of the molecule is NCCCP(=O)(O)CN1CCN(CP(=O)(O)CCCN)CCN(CP(=O)(O)CCCN)CC1. The lowest BCUT2D eigenvalue weighted by Crippen LogP contribution is -2.37. The minimum atomic E-state index is -3.40. The van der Waals surface area contributed by atoms with Crippen molar-refractivity contribution in [3.63, 3.8) is 0 Å². The summed E-state index contributed by atoms with van der Waals surface area (Å²) in [5.74, 6) is 0. The van der Waals surface area contributed by atoms with E-state index in [2.05, 4.69) is 0 Å². The molecule has 0 saturated carbocycles. The predicted molar refractivity (Wildman–Crippen MR) is 134 cm³/mol. The van der Waals surface area contributed by atoms with Crippen LogP contribution >= 0.6 is 22.1 Å². The Kier molecular flexibility index (Phi) is 14.7. The van der Waals surface area contributed by atoms with E-state index in [-0.39, 0.29) is 37.3 Å². The lowest BCUT2D eigenvalue weighted by atomic mass is 10.5. The molecule has 0 aromatic carbocycles. The monoisotopic (exact) mass is 534 g/mol. The third-order valence-electron chi connectivity index (χ3n) is 5.60. The molecule has 1 aliphatic rings. The third-order valence-corrected chi connectivity index (χ3v) is 11.2. The topological polar surface area (TPSA) is 200 Å². The van der Waals surface area contributed by atoms with Crippen LogP contribution in [-0.2, 0) is 13.7 Å². The van der Waals surface area contributed by atoms with E-state index in [0.717, 1.165) is 0 Å². The first kappa shape index (κ1) is 31.4. The summed E-state index contributed by atoms with van der Waals surface area (Å²) in [5.41, 5.74) is 16.4. The molecule has 3 unspecified atom stereocenters. The lowest BCUT2D eigenvalue weighted by molar-refractivity contribution is 0.248. The molecule has 0 bridgehead atoms. The van der Waals surface area contributed by atoms with Crippen molar-refractivity contribution < 1.29 is 28.4 Å². The highest BCUT2D eigenvalue weighted by Crippen LogP contribution is 2.44. The van der Waals surface area contributed by atoms with E-state index in [0.29, 0.717) is 78.2 Å². The predicted octanol–water partition coefficient (Wildman–Crippen LogP) is -0.364. The van der Waals surface area contributed by atoms with Gasteiger partial charge in [0, 0.05) is 57.8 Å². The molecular weight excluding hydrogens is 489 g/mol. The summed E-state index contributed by atoms with van der Waals surface area (Å²) in [4.78, 5) is 36.7. The second kappa shape index (κ2) is 15.4. The summed E-state index contributed by atoms with van der Waals surface area (Å²) in [6.07, 6.45) is 1.82.